The molecular weight excluding hydrogens is 271 g/mol. The summed E-state index contributed by atoms with van der Waals surface area (Å²) in [5.74, 6) is -4.15. The number of benzene rings is 2. The van der Waals surface area contributed by atoms with Crippen molar-refractivity contribution in [1.29, 1.82) is 0 Å². The van der Waals surface area contributed by atoms with Gasteiger partial charge in [-0.15, -0.1) is 0 Å². The second-order valence-electron chi connectivity index (χ2n) is 4.15. The van der Waals surface area contributed by atoms with Crippen LogP contribution in [0.2, 0.25) is 0 Å². The van der Waals surface area contributed by atoms with Gasteiger partial charge in [0.15, 0.2) is 5.82 Å². The van der Waals surface area contributed by atoms with E-state index in [1.54, 1.807) is 0 Å². The topological polar surface area (TPSA) is 49.3 Å². The first kappa shape index (κ1) is 13.9. The van der Waals surface area contributed by atoms with Crippen LogP contribution in [0.25, 0.3) is 0 Å². The number of anilines is 2. The van der Waals surface area contributed by atoms with Gasteiger partial charge in [-0.1, -0.05) is 12.1 Å². The molecule has 0 fully saturated rings. The predicted molar refractivity (Wildman–Crippen MR) is 67.7 cm³/mol. The molecule has 0 saturated heterocycles. The molecule has 2 aromatic rings. The highest BCUT2D eigenvalue weighted by molar-refractivity contribution is 5.95. The first-order valence-corrected chi connectivity index (χ1v) is 5.65. The molecule has 0 bridgehead atoms. The largest absolute Gasteiger partial charge is 0.478 e. The van der Waals surface area contributed by atoms with E-state index in [0.29, 0.717) is 0 Å². The van der Waals surface area contributed by atoms with Crippen LogP contribution in [0.3, 0.4) is 0 Å². The van der Waals surface area contributed by atoms with Gasteiger partial charge in [-0.2, -0.15) is 0 Å². The van der Waals surface area contributed by atoms with Gasteiger partial charge in [0.1, 0.15) is 17.3 Å². The predicted octanol–water partition coefficient (Wildman–Crippen LogP) is 3.85. The van der Waals surface area contributed by atoms with E-state index in [0.717, 1.165) is 18.2 Å². The molecule has 6 heteroatoms. The molecule has 0 aliphatic carbocycles. The van der Waals surface area contributed by atoms with Gasteiger partial charge in [0.25, 0.3) is 0 Å². The summed E-state index contributed by atoms with van der Waals surface area (Å²) >= 11 is 0. The second-order valence-corrected chi connectivity index (χ2v) is 4.15. The minimum Gasteiger partial charge on any atom is -0.478 e. The molecule has 0 unspecified atom stereocenters. The zero-order valence-corrected chi connectivity index (χ0v) is 10.4. The highest BCUT2D eigenvalue weighted by Crippen LogP contribution is 2.29. The summed E-state index contributed by atoms with van der Waals surface area (Å²) in [6.07, 6.45) is 0. The van der Waals surface area contributed by atoms with E-state index >= 15 is 0 Å². The van der Waals surface area contributed by atoms with E-state index in [9.17, 15) is 18.0 Å². The Balaban J connectivity index is 2.56. The Morgan fingerprint density at radius 2 is 1.70 bits per heavy atom. The molecule has 0 amide bonds. The van der Waals surface area contributed by atoms with Gasteiger partial charge in [0.2, 0.25) is 0 Å². The summed E-state index contributed by atoms with van der Waals surface area (Å²) in [5.41, 5.74) is -1.33. The quantitative estimate of drug-likeness (QED) is 0.898. The smallest absolute Gasteiger partial charge is 0.337 e. The van der Waals surface area contributed by atoms with Crippen molar-refractivity contribution in [1.82, 2.24) is 0 Å². The summed E-state index contributed by atoms with van der Waals surface area (Å²) in [6.45, 7) is 1.42. The van der Waals surface area contributed by atoms with E-state index in [4.69, 9.17) is 5.11 Å². The third-order valence-corrected chi connectivity index (χ3v) is 2.78. The van der Waals surface area contributed by atoms with Crippen LogP contribution < -0.4 is 5.32 Å². The van der Waals surface area contributed by atoms with Crippen molar-refractivity contribution in [2.45, 2.75) is 6.92 Å². The molecular formula is C14H10F3NO2. The van der Waals surface area contributed by atoms with Crippen LogP contribution in [0.4, 0.5) is 24.5 Å². The maximum Gasteiger partial charge on any atom is 0.337 e. The molecule has 0 aromatic heterocycles. The SMILES string of the molecule is Cc1ccc(F)c(Nc2c(F)cccc2C(=O)O)c1F. The fraction of sp³-hybridized carbons (Fsp3) is 0.0714. The lowest BCUT2D eigenvalue weighted by atomic mass is 10.1. The number of hydrogen-bond acceptors (Lipinski definition) is 2. The molecule has 20 heavy (non-hydrogen) atoms. The number of nitrogens with one attached hydrogen (secondary N) is 1. The van der Waals surface area contributed by atoms with E-state index < -0.39 is 40.4 Å². The van der Waals surface area contributed by atoms with Gasteiger partial charge in [0.05, 0.1) is 11.3 Å². The van der Waals surface area contributed by atoms with E-state index in [1.165, 1.54) is 19.1 Å². The lowest BCUT2D eigenvalue weighted by molar-refractivity contribution is 0.0697. The average molecular weight is 281 g/mol. The molecule has 0 aliphatic heterocycles. The first-order valence-electron chi connectivity index (χ1n) is 5.65. The Morgan fingerprint density at radius 1 is 1.05 bits per heavy atom. The minimum atomic E-state index is -1.40. The zero-order valence-electron chi connectivity index (χ0n) is 10.4. The van der Waals surface area contributed by atoms with Crippen molar-refractivity contribution in [3.63, 3.8) is 0 Å². The van der Waals surface area contributed by atoms with Crippen LogP contribution in [0.1, 0.15) is 15.9 Å². The summed E-state index contributed by atoms with van der Waals surface area (Å²) in [7, 11) is 0. The normalized spacial score (nSPS) is 10.4. The van der Waals surface area contributed by atoms with Gasteiger partial charge < -0.3 is 10.4 Å². The summed E-state index contributed by atoms with van der Waals surface area (Å²) < 4.78 is 41.1. The lowest BCUT2D eigenvalue weighted by Crippen LogP contribution is -2.07. The molecule has 104 valence electrons. The molecule has 0 heterocycles. The summed E-state index contributed by atoms with van der Waals surface area (Å²) in [6, 6.07) is 5.59. The van der Waals surface area contributed by atoms with Crippen LogP contribution in [0, 0.1) is 24.4 Å². The third-order valence-electron chi connectivity index (χ3n) is 2.78. The maximum absolute atomic E-state index is 13.8. The van der Waals surface area contributed by atoms with Gasteiger partial charge >= 0.3 is 5.97 Å². The number of hydrogen-bond donors (Lipinski definition) is 2. The molecule has 0 aliphatic rings. The van der Waals surface area contributed by atoms with E-state index in [2.05, 4.69) is 5.32 Å². The van der Waals surface area contributed by atoms with E-state index in [-0.39, 0.29) is 5.56 Å². The van der Waals surface area contributed by atoms with Crippen molar-refractivity contribution in [2.24, 2.45) is 0 Å². The van der Waals surface area contributed by atoms with Crippen molar-refractivity contribution < 1.29 is 23.1 Å². The molecule has 0 atom stereocenters. The monoisotopic (exact) mass is 281 g/mol. The lowest BCUT2D eigenvalue weighted by Gasteiger charge is -2.13. The molecule has 2 N–H and O–H groups in total. The van der Waals surface area contributed by atoms with Crippen molar-refractivity contribution in [3.05, 3.63) is 58.9 Å². The summed E-state index contributed by atoms with van der Waals surface area (Å²) in [5, 5.41) is 11.2. The molecule has 2 rings (SSSR count). The van der Waals surface area contributed by atoms with Gasteiger partial charge in [-0.3, -0.25) is 0 Å². The Hall–Kier alpha value is -2.50. The highest BCUT2D eigenvalue weighted by Gasteiger charge is 2.18. The minimum absolute atomic E-state index is 0.155. The van der Waals surface area contributed by atoms with Gasteiger partial charge in [-0.05, 0) is 30.7 Å². The number of carbonyl (C=O) groups is 1. The van der Waals surface area contributed by atoms with Crippen LogP contribution in [-0.4, -0.2) is 11.1 Å². The molecule has 3 nitrogen and oxygen atoms in total. The molecule has 0 radical (unpaired) electrons. The Morgan fingerprint density at radius 3 is 2.35 bits per heavy atom. The van der Waals surface area contributed by atoms with Gasteiger partial charge in [0, 0.05) is 0 Å². The number of carboxylic acid groups (broad SMARTS) is 1. The Labute approximate surface area is 112 Å². The Kier molecular flexibility index (Phi) is 3.65. The van der Waals surface area contributed by atoms with Crippen molar-refractivity contribution in [3.8, 4) is 0 Å². The number of rotatable bonds is 3. The van der Waals surface area contributed by atoms with Crippen LogP contribution in [0.15, 0.2) is 30.3 Å². The number of halogens is 3. The molecule has 0 spiro atoms. The van der Waals surface area contributed by atoms with Crippen LogP contribution in [-0.2, 0) is 0 Å². The number of para-hydroxylation sites is 1. The van der Waals surface area contributed by atoms with Gasteiger partial charge in [-0.25, -0.2) is 18.0 Å². The number of carboxylic acids is 1. The van der Waals surface area contributed by atoms with Crippen LogP contribution in [0.5, 0.6) is 0 Å². The van der Waals surface area contributed by atoms with E-state index in [1.807, 2.05) is 0 Å². The third kappa shape index (κ3) is 2.45. The highest BCUT2D eigenvalue weighted by atomic mass is 19.1. The fourth-order valence-corrected chi connectivity index (χ4v) is 1.73. The molecule has 0 saturated carbocycles. The number of aromatic carboxylic acids is 1. The second kappa shape index (κ2) is 5.24. The molecule has 2 aromatic carbocycles. The average Bonchev–Trinajstić information content (AvgIpc) is 2.40. The number of aryl methyl sites for hydroxylation is 1. The summed E-state index contributed by atoms with van der Waals surface area (Å²) in [4.78, 5) is 11.0. The zero-order chi connectivity index (χ0) is 14.9. The van der Waals surface area contributed by atoms with Crippen molar-refractivity contribution in [2.75, 3.05) is 5.32 Å². The maximum atomic E-state index is 13.8. The van der Waals surface area contributed by atoms with Crippen LogP contribution >= 0.6 is 0 Å². The van der Waals surface area contributed by atoms with Crippen molar-refractivity contribution >= 4 is 17.3 Å². The Bertz CT molecular complexity index is 686. The standard InChI is InChI=1S/C14H10F3NO2/c1-7-5-6-10(16)13(11(7)17)18-12-8(14(19)20)3-2-4-9(12)15/h2-6,18H,1H3,(H,19,20). The fourth-order valence-electron chi connectivity index (χ4n) is 1.73. The first-order chi connectivity index (χ1) is 9.41.